The Bertz CT molecular complexity index is 628. The van der Waals surface area contributed by atoms with Gasteiger partial charge in [-0.3, -0.25) is 0 Å². The first-order chi connectivity index (χ1) is 8.91. The fraction of sp³-hybridized carbons (Fsp3) is 0.143. The third kappa shape index (κ3) is 2.67. The van der Waals surface area contributed by atoms with Crippen molar-refractivity contribution in [2.24, 2.45) is 0 Å². The van der Waals surface area contributed by atoms with Gasteiger partial charge in [0.1, 0.15) is 6.10 Å². The van der Waals surface area contributed by atoms with E-state index in [0.29, 0.717) is 11.1 Å². The van der Waals surface area contributed by atoms with Crippen LogP contribution in [0.1, 0.15) is 22.8 Å². The average molecular weight is 331 g/mol. The summed E-state index contributed by atoms with van der Waals surface area (Å²) in [4.78, 5) is 0. The highest BCUT2D eigenvalue weighted by Gasteiger charge is 2.21. The van der Waals surface area contributed by atoms with Crippen LogP contribution in [0.15, 0.2) is 34.8 Å². The molecule has 0 saturated carbocycles. The molecule has 2 rings (SSSR count). The standard InChI is InChI=1S/C14H10BrF3O/c1-7-6-8(15)2-3-9(7)14(19)10-4-5-11(16)13(18)12(10)17/h2-6,14,19H,1H3. The van der Waals surface area contributed by atoms with Crippen LogP contribution in [0.5, 0.6) is 0 Å². The Kier molecular flexibility index (Phi) is 3.96. The molecule has 1 nitrogen and oxygen atoms in total. The lowest BCUT2D eigenvalue weighted by Gasteiger charge is -2.15. The second-order valence-corrected chi connectivity index (χ2v) is 5.08. The van der Waals surface area contributed by atoms with E-state index in [4.69, 9.17) is 0 Å². The zero-order valence-corrected chi connectivity index (χ0v) is 11.5. The normalized spacial score (nSPS) is 12.5. The molecule has 100 valence electrons. The maximum Gasteiger partial charge on any atom is 0.194 e. The third-order valence-corrected chi connectivity index (χ3v) is 3.38. The SMILES string of the molecule is Cc1cc(Br)ccc1C(O)c1ccc(F)c(F)c1F. The summed E-state index contributed by atoms with van der Waals surface area (Å²) >= 11 is 3.27. The smallest absolute Gasteiger partial charge is 0.194 e. The van der Waals surface area contributed by atoms with Crippen molar-refractivity contribution in [2.75, 3.05) is 0 Å². The van der Waals surface area contributed by atoms with Crippen molar-refractivity contribution in [1.29, 1.82) is 0 Å². The predicted octanol–water partition coefficient (Wildman–Crippen LogP) is 4.26. The molecule has 0 bridgehead atoms. The van der Waals surface area contributed by atoms with Crippen LogP contribution >= 0.6 is 15.9 Å². The van der Waals surface area contributed by atoms with Crippen LogP contribution in [-0.4, -0.2) is 5.11 Å². The van der Waals surface area contributed by atoms with E-state index in [9.17, 15) is 18.3 Å². The predicted molar refractivity (Wildman–Crippen MR) is 69.3 cm³/mol. The minimum atomic E-state index is -1.58. The molecule has 1 atom stereocenters. The lowest BCUT2D eigenvalue weighted by molar-refractivity contribution is 0.212. The van der Waals surface area contributed by atoms with Crippen LogP contribution in [0.3, 0.4) is 0 Å². The summed E-state index contributed by atoms with van der Waals surface area (Å²) in [5.41, 5.74) is 0.864. The van der Waals surface area contributed by atoms with Crippen molar-refractivity contribution in [1.82, 2.24) is 0 Å². The van der Waals surface area contributed by atoms with Gasteiger partial charge in [-0.15, -0.1) is 0 Å². The van der Waals surface area contributed by atoms with E-state index >= 15 is 0 Å². The van der Waals surface area contributed by atoms with Crippen molar-refractivity contribution < 1.29 is 18.3 Å². The zero-order chi connectivity index (χ0) is 14.2. The number of hydrogen-bond donors (Lipinski definition) is 1. The first kappa shape index (κ1) is 14.1. The van der Waals surface area contributed by atoms with Crippen LogP contribution < -0.4 is 0 Å². The molecule has 1 N–H and O–H groups in total. The van der Waals surface area contributed by atoms with E-state index in [1.807, 2.05) is 0 Å². The molecule has 2 aromatic rings. The van der Waals surface area contributed by atoms with Gasteiger partial charge in [-0.05, 0) is 36.2 Å². The van der Waals surface area contributed by atoms with Gasteiger partial charge in [-0.2, -0.15) is 0 Å². The third-order valence-electron chi connectivity index (χ3n) is 2.89. The number of aryl methyl sites for hydroxylation is 1. The maximum absolute atomic E-state index is 13.6. The fourth-order valence-corrected chi connectivity index (χ4v) is 2.34. The summed E-state index contributed by atoms with van der Waals surface area (Å²) in [6.07, 6.45) is -1.34. The van der Waals surface area contributed by atoms with E-state index < -0.39 is 23.6 Å². The van der Waals surface area contributed by atoms with Crippen LogP contribution in [0.25, 0.3) is 0 Å². The molecule has 0 aliphatic heterocycles. The molecule has 0 amide bonds. The molecule has 0 aromatic heterocycles. The molecule has 0 saturated heterocycles. The van der Waals surface area contributed by atoms with E-state index in [1.54, 1.807) is 25.1 Å². The summed E-state index contributed by atoms with van der Waals surface area (Å²) in [7, 11) is 0. The number of aliphatic hydroxyl groups excluding tert-OH is 1. The van der Waals surface area contributed by atoms with E-state index in [1.165, 1.54) is 0 Å². The summed E-state index contributed by atoms with van der Waals surface area (Å²) in [5, 5.41) is 10.1. The van der Waals surface area contributed by atoms with Gasteiger partial charge in [0.05, 0.1) is 0 Å². The molecule has 0 aliphatic rings. The molecular formula is C14H10BrF3O. The Morgan fingerprint density at radius 3 is 2.26 bits per heavy atom. The van der Waals surface area contributed by atoms with Gasteiger partial charge in [0.25, 0.3) is 0 Å². The summed E-state index contributed by atoms with van der Waals surface area (Å²) in [6, 6.07) is 6.87. The summed E-state index contributed by atoms with van der Waals surface area (Å²) < 4.78 is 40.5. The average Bonchev–Trinajstić information content (AvgIpc) is 2.35. The quantitative estimate of drug-likeness (QED) is 0.816. The molecule has 0 aliphatic carbocycles. The van der Waals surface area contributed by atoms with E-state index in [2.05, 4.69) is 15.9 Å². The lowest BCUT2D eigenvalue weighted by atomic mass is 9.97. The van der Waals surface area contributed by atoms with Gasteiger partial charge in [0, 0.05) is 10.0 Å². The number of hydrogen-bond acceptors (Lipinski definition) is 1. The zero-order valence-electron chi connectivity index (χ0n) is 9.92. The molecule has 0 fully saturated rings. The molecule has 1 unspecified atom stereocenters. The highest BCUT2D eigenvalue weighted by molar-refractivity contribution is 9.10. The second-order valence-electron chi connectivity index (χ2n) is 4.17. The second kappa shape index (κ2) is 5.35. The van der Waals surface area contributed by atoms with Crippen molar-refractivity contribution in [3.05, 3.63) is 68.9 Å². The summed E-state index contributed by atoms with van der Waals surface area (Å²) in [6.45, 7) is 1.74. The fourth-order valence-electron chi connectivity index (χ4n) is 1.87. The molecule has 5 heteroatoms. The molecule has 0 radical (unpaired) electrons. The highest BCUT2D eigenvalue weighted by Crippen LogP contribution is 2.29. The molecule has 2 aromatic carbocycles. The van der Waals surface area contributed by atoms with Gasteiger partial charge in [-0.25, -0.2) is 13.2 Å². The van der Waals surface area contributed by atoms with Gasteiger partial charge < -0.3 is 5.11 Å². The van der Waals surface area contributed by atoms with Gasteiger partial charge >= 0.3 is 0 Å². The number of rotatable bonds is 2. The number of halogens is 4. The monoisotopic (exact) mass is 330 g/mol. The Morgan fingerprint density at radius 2 is 1.63 bits per heavy atom. The number of benzene rings is 2. The Hall–Kier alpha value is -1.33. The maximum atomic E-state index is 13.6. The van der Waals surface area contributed by atoms with E-state index in [-0.39, 0.29) is 5.56 Å². The summed E-state index contributed by atoms with van der Waals surface area (Å²) in [5.74, 6) is -4.22. The van der Waals surface area contributed by atoms with Crippen LogP contribution in [0, 0.1) is 24.4 Å². The van der Waals surface area contributed by atoms with Crippen molar-refractivity contribution in [3.63, 3.8) is 0 Å². The van der Waals surface area contributed by atoms with Gasteiger partial charge in [0.2, 0.25) is 0 Å². The van der Waals surface area contributed by atoms with Gasteiger partial charge in [-0.1, -0.05) is 28.1 Å². The van der Waals surface area contributed by atoms with Crippen LogP contribution in [-0.2, 0) is 0 Å². The molecule has 19 heavy (non-hydrogen) atoms. The topological polar surface area (TPSA) is 20.2 Å². The molecule has 0 heterocycles. The highest BCUT2D eigenvalue weighted by atomic mass is 79.9. The first-order valence-corrected chi connectivity index (χ1v) is 6.28. The van der Waals surface area contributed by atoms with Crippen LogP contribution in [0.4, 0.5) is 13.2 Å². The minimum Gasteiger partial charge on any atom is -0.384 e. The van der Waals surface area contributed by atoms with Gasteiger partial charge in [0.15, 0.2) is 17.5 Å². The Labute approximate surface area is 116 Å². The van der Waals surface area contributed by atoms with Crippen molar-refractivity contribution in [2.45, 2.75) is 13.0 Å². The Balaban J connectivity index is 2.50. The van der Waals surface area contributed by atoms with Crippen molar-refractivity contribution >= 4 is 15.9 Å². The number of aliphatic hydroxyl groups is 1. The molecular weight excluding hydrogens is 321 g/mol. The first-order valence-electron chi connectivity index (χ1n) is 5.49. The Morgan fingerprint density at radius 1 is 1.00 bits per heavy atom. The van der Waals surface area contributed by atoms with E-state index in [0.717, 1.165) is 16.6 Å². The molecule has 0 spiro atoms. The van der Waals surface area contributed by atoms with Crippen LogP contribution in [0.2, 0.25) is 0 Å². The largest absolute Gasteiger partial charge is 0.384 e. The van der Waals surface area contributed by atoms with Crippen molar-refractivity contribution in [3.8, 4) is 0 Å². The minimum absolute atomic E-state index is 0.288. The lowest BCUT2D eigenvalue weighted by Crippen LogP contribution is -2.07.